The SMILES string of the molecule is CCOc1ccc(/C=C/C(=O)Oc2ccc3cc(C(=O)NCc4ccco4)c(=O)oc3c2)cc1OC. The number of methoxy groups -OCH3 is 1. The largest absolute Gasteiger partial charge is 0.493 e. The molecule has 0 aliphatic carbocycles. The monoisotopic (exact) mass is 489 g/mol. The molecule has 9 nitrogen and oxygen atoms in total. The zero-order valence-electron chi connectivity index (χ0n) is 19.6. The number of ether oxygens (including phenoxy) is 3. The van der Waals surface area contributed by atoms with E-state index in [0.717, 1.165) is 5.56 Å². The van der Waals surface area contributed by atoms with Gasteiger partial charge in [-0.05, 0) is 61.0 Å². The number of carbonyl (C=O) groups is 2. The van der Waals surface area contributed by atoms with E-state index in [0.29, 0.717) is 29.3 Å². The van der Waals surface area contributed by atoms with Gasteiger partial charge in [-0.3, -0.25) is 4.79 Å². The molecule has 0 fully saturated rings. The van der Waals surface area contributed by atoms with Crippen molar-refractivity contribution in [3.05, 3.63) is 94.2 Å². The number of fused-ring (bicyclic) bond motifs is 1. The third kappa shape index (κ3) is 5.82. The second-order valence-electron chi connectivity index (χ2n) is 7.51. The summed E-state index contributed by atoms with van der Waals surface area (Å²) in [5.41, 5.74) is -0.0671. The first-order valence-corrected chi connectivity index (χ1v) is 11.1. The second-order valence-corrected chi connectivity index (χ2v) is 7.51. The van der Waals surface area contributed by atoms with Gasteiger partial charge in [-0.25, -0.2) is 9.59 Å². The summed E-state index contributed by atoms with van der Waals surface area (Å²) in [5, 5.41) is 3.10. The van der Waals surface area contributed by atoms with Crippen molar-refractivity contribution in [3.63, 3.8) is 0 Å². The van der Waals surface area contributed by atoms with Crippen LogP contribution >= 0.6 is 0 Å². The van der Waals surface area contributed by atoms with E-state index in [2.05, 4.69) is 5.32 Å². The maximum Gasteiger partial charge on any atom is 0.349 e. The van der Waals surface area contributed by atoms with Crippen molar-refractivity contribution in [1.29, 1.82) is 0 Å². The van der Waals surface area contributed by atoms with Crippen LogP contribution in [0.3, 0.4) is 0 Å². The van der Waals surface area contributed by atoms with Gasteiger partial charge in [-0.2, -0.15) is 0 Å². The summed E-state index contributed by atoms with van der Waals surface area (Å²) in [6.45, 7) is 2.51. The summed E-state index contributed by atoms with van der Waals surface area (Å²) in [4.78, 5) is 37.1. The standard InChI is InChI=1S/C27H23NO8/c1-3-33-22-10-6-17(13-24(22)32-2)7-11-25(29)35-19-9-8-18-14-21(27(31)36-23(18)15-19)26(30)28-16-20-5-4-12-34-20/h4-15H,3,16H2,1-2H3,(H,28,30)/b11-7+. The van der Waals surface area contributed by atoms with Gasteiger partial charge in [0.15, 0.2) is 11.5 Å². The first kappa shape index (κ1) is 24.3. The topological polar surface area (TPSA) is 117 Å². The fourth-order valence-electron chi connectivity index (χ4n) is 3.37. The van der Waals surface area contributed by atoms with Gasteiger partial charge < -0.3 is 28.4 Å². The first-order valence-electron chi connectivity index (χ1n) is 11.1. The molecule has 2 aromatic carbocycles. The van der Waals surface area contributed by atoms with Crippen LogP contribution in [0.5, 0.6) is 17.2 Å². The maximum atomic E-state index is 12.4. The molecule has 0 unspecified atom stereocenters. The molecule has 0 spiro atoms. The molecule has 4 rings (SSSR count). The van der Waals surface area contributed by atoms with E-state index < -0.39 is 17.5 Å². The van der Waals surface area contributed by atoms with Gasteiger partial charge >= 0.3 is 11.6 Å². The Balaban J connectivity index is 1.44. The lowest BCUT2D eigenvalue weighted by Crippen LogP contribution is -2.27. The third-order valence-electron chi connectivity index (χ3n) is 5.07. The molecule has 9 heteroatoms. The number of rotatable bonds is 9. The Morgan fingerprint density at radius 2 is 1.92 bits per heavy atom. The highest BCUT2D eigenvalue weighted by Gasteiger charge is 2.15. The summed E-state index contributed by atoms with van der Waals surface area (Å²) < 4.78 is 26.6. The van der Waals surface area contributed by atoms with Crippen LogP contribution in [0.4, 0.5) is 0 Å². The molecule has 4 aromatic rings. The molecule has 0 aliphatic heterocycles. The molecular weight excluding hydrogens is 466 g/mol. The second kappa shape index (κ2) is 11.1. The van der Waals surface area contributed by atoms with Crippen molar-refractivity contribution < 1.29 is 32.6 Å². The minimum Gasteiger partial charge on any atom is -0.493 e. The predicted molar refractivity (Wildman–Crippen MR) is 131 cm³/mol. The number of esters is 1. The Hall–Kier alpha value is -4.79. The van der Waals surface area contributed by atoms with Crippen molar-refractivity contribution >= 4 is 28.9 Å². The van der Waals surface area contributed by atoms with E-state index in [-0.39, 0.29) is 23.4 Å². The highest BCUT2D eigenvalue weighted by molar-refractivity contribution is 5.97. The van der Waals surface area contributed by atoms with Crippen molar-refractivity contribution in [2.45, 2.75) is 13.5 Å². The third-order valence-corrected chi connectivity index (χ3v) is 5.07. The van der Waals surface area contributed by atoms with Crippen LogP contribution in [0.25, 0.3) is 17.0 Å². The van der Waals surface area contributed by atoms with Gasteiger partial charge in [0, 0.05) is 17.5 Å². The fourth-order valence-corrected chi connectivity index (χ4v) is 3.37. The van der Waals surface area contributed by atoms with E-state index in [1.807, 2.05) is 6.92 Å². The number of benzene rings is 2. The van der Waals surface area contributed by atoms with E-state index in [1.54, 1.807) is 48.5 Å². The van der Waals surface area contributed by atoms with Crippen LogP contribution in [0.15, 0.2) is 80.6 Å². The minimum absolute atomic E-state index is 0.134. The summed E-state index contributed by atoms with van der Waals surface area (Å²) >= 11 is 0. The Bertz CT molecular complexity index is 1470. The van der Waals surface area contributed by atoms with Crippen molar-refractivity contribution in [1.82, 2.24) is 5.32 Å². The minimum atomic E-state index is -0.813. The number of hydrogen-bond acceptors (Lipinski definition) is 8. The fraction of sp³-hybridized carbons (Fsp3) is 0.148. The zero-order chi connectivity index (χ0) is 25.5. The maximum absolute atomic E-state index is 12.4. The molecule has 0 bridgehead atoms. The summed E-state index contributed by atoms with van der Waals surface area (Å²) in [7, 11) is 1.54. The lowest BCUT2D eigenvalue weighted by molar-refractivity contribution is -0.128. The molecule has 1 amide bonds. The Labute approximate surface area is 205 Å². The Kier molecular flexibility index (Phi) is 7.50. The van der Waals surface area contributed by atoms with Crippen LogP contribution in [0.2, 0.25) is 0 Å². The number of amides is 1. The molecule has 1 N–H and O–H groups in total. The average Bonchev–Trinajstić information content (AvgIpc) is 3.40. The van der Waals surface area contributed by atoms with Crippen LogP contribution in [0.1, 0.15) is 28.6 Å². The van der Waals surface area contributed by atoms with Gasteiger partial charge in [0.05, 0.1) is 26.5 Å². The lowest BCUT2D eigenvalue weighted by atomic mass is 10.1. The summed E-state index contributed by atoms with van der Waals surface area (Å²) in [5.74, 6) is 0.670. The van der Waals surface area contributed by atoms with Gasteiger partial charge in [0.25, 0.3) is 5.91 Å². The highest BCUT2D eigenvalue weighted by atomic mass is 16.5. The van der Waals surface area contributed by atoms with Crippen LogP contribution in [0, 0.1) is 0 Å². The molecule has 0 radical (unpaired) electrons. The van der Waals surface area contributed by atoms with E-state index in [9.17, 15) is 14.4 Å². The number of furan rings is 1. The van der Waals surface area contributed by atoms with Crippen molar-refractivity contribution in [2.75, 3.05) is 13.7 Å². The normalized spacial score (nSPS) is 10.9. The first-order chi connectivity index (χ1) is 17.5. The van der Waals surface area contributed by atoms with Gasteiger partial charge in [0.2, 0.25) is 0 Å². The molecule has 2 heterocycles. The Morgan fingerprint density at radius 1 is 1.06 bits per heavy atom. The molecule has 2 aromatic heterocycles. The molecule has 36 heavy (non-hydrogen) atoms. The molecule has 0 saturated carbocycles. The average molecular weight is 489 g/mol. The van der Waals surface area contributed by atoms with Gasteiger partial charge in [-0.1, -0.05) is 6.07 Å². The van der Waals surface area contributed by atoms with Crippen LogP contribution < -0.4 is 25.2 Å². The number of nitrogens with one attached hydrogen (secondary N) is 1. The smallest absolute Gasteiger partial charge is 0.349 e. The lowest BCUT2D eigenvalue weighted by Gasteiger charge is -2.09. The van der Waals surface area contributed by atoms with E-state index in [4.69, 9.17) is 23.0 Å². The van der Waals surface area contributed by atoms with E-state index >= 15 is 0 Å². The summed E-state index contributed by atoms with van der Waals surface area (Å²) in [6, 6.07) is 14.6. The molecule has 184 valence electrons. The predicted octanol–water partition coefficient (Wildman–Crippen LogP) is 4.34. The van der Waals surface area contributed by atoms with Crippen LogP contribution in [-0.4, -0.2) is 25.6 Å². The zero-order valence-corrected chi connectivity index (χ0v) is 19.6. The quantitative estimate of drug-likeness (QED) is 0.160. The Morgan fingerprint density at radius 3 is 2.67 bits per heavy atom. The molecule has 0 saturated heterocycles. The van der Waals surface area contributed by atoms with Crippen LogP contribution in [-0.2, 0) is 11.3 Å². The number of hydrogen-bond donors (Lipinski definition) is 1. The summed E-state index contributed by atoms with van der Waals surface area (Å²) in [6.07, 6.45) is 4.33. The van der Waals surface area contributed by atoms with Gasteiger partial charge in [0.1, 0.15) is 22.7 Å². The molecule has 0 atom stereocenters. The molecule has 0 aliphatic rings. The van der Waals surface area contributed by atoms with Crippen molar-refractivity contribution in [3.8, 4) is 17.2 Å². The molecular formula is C27H23NO8. The van der Waals surface area contributed by atoms with Gasteiger partial charge in [-0.15, -0.1) is 0 Å². The van der Waals surface area contributed by atoms with Crippen molar-refractivity contribution in [2.24, 2.45) is 0 Å². The van der Waals surface area contributed by atoms with E-state index in [1.165, 1.54) is 31.6 Å². The number of carbonyl (C=O) groups excluding carboxylic acids is 2. The highest BCUT2D eigenvalue weighted by Crippen LogP contribution is 2.28.